The number of anilines is 1. The molecule has 0 saturated carbocycles. The monoisotopic (exact) mass is 257 g/mol. The molecule has 0 heterocycles. The van der Waals surface area contributed by atoms with Crippen LogP contribution in [-0.2, 0) is 16.6 Å². The standard InChI is InChI=1S/C12H19NO3S/c1-12(2,3)9-17(15,16)13-11-7-5-4-6-10(11)8-14/h4-7,13-14H,8-9H2,1-3H3. The summed E-state index contributed by atoms with van der Waals surface area (Å²) in [5.74, 6) is 0.0414. The van der Waals surface area contributed by atoms with Gasteiger partial charge in [-0.15, -0.1) is 0 Å². The van der Waals surface area contributed by atoms with E-state index in [1.54, 1.807) is 24.3 Å². The molecule has 0 amide bonds. The lowest BCUT2D eigenvalue weighted by atomic mass is 10.0. The normalized spacial score (nSPS) is 12.5. The van der Waals surface area contributed by atoms with Crippen molar-refractivity contribution in [2.45, 2.75) is 27.4 Å². The van der Waals surface area contributed by atoms with Gasteiger partial charge in [0.25, 0.3) is 0 Å². The van der Waals surface area contributed by atoms with Gasteiger partial charge in [0.15, 0.2) is 0 Å². The Morgan fingerprint density at radius 2 is 1.82 bits per heavy atom. The van der Waals surface area contributed by atoms with Crippen molar-refractivity contribution >= 4 is 15.7 Å². The molecule has 96 valence electrons. The predicted molar refractivity (Wildman–Crippen MR) is 69.2 cm³/mol. The zero-order chi connectivity index (χ0) is 13.1. The molecule has 0 aliphatic heterocycles. The first kappa shape index (κ1) is 14.0. The predicted octanol–water partition coefficient (Wildman–Crippen LogP) is 1.97. The number of hydrogen-bond acceptors (Lipinski definition) is 3. The fourth-order valence-electron chi connectivity index (χ4n) is 1.53. The average Bonchev–Trinajstić information content (AvgIpc) is 2.14. The smallest absolute Gasteiger partial charge is 0.233 e. The van der Waals surface area contributed by atoms with E-state index in [-0.39, 0.29) is 17.8 Å². The molecule has 0 radical (unpaired) electrons. The highest BCUT2D eigenvalue weighted by Crippen LogP contribution is 2.20. The Kier molecular flexibility index (Phi) is 4.16. The second-order valence-electron chi connectivity index (χ2n) is 5.24. The van der Waals surface area contributed by atoms with Crippen LogP contribution in [0.4, 0.5) is 5.69 Å². The zero-order valence-electron chi connectivity index (χ0n) is 10.4. The first-order valence-electron chi connectivity index (χ1n) is 5.43. The SMILES string of the molecule is CC(C)(C)CS(=O)(=O)Nc1ccccc1CO. The van der Waals surface area contributed by atoms with Crippen LogP contribution in [0, 0.1) is 5.41 Å². The molecule has 1 aromatic carbocycles. The highest BCUT2D eigenvalue weighted by molar-refractivity contribution is 7.92. The largest absolute Gasteiger partial charge is 0.392 e. The van der Waals surface area contributed by atoms with Crippen LogP contribution in [0.25, 0.3) is 0 Å². The van der Waals surface area contributed by atoms with Crippen LogP contribution in [0.3, 0.4) is 0 Å². The fourth-order valence-corrected chi connectivity index (χ4v) is 3.28. The summed E-state index contributed by atoms with van der Waals surface area (Å²) in [5.41, 5.74) is 0.712. The first-order chi connectivity index (χ1) is 7.73. The van der Waals surface area contributed by atoms with Crippen LogP contribution in [0.2, 0.25) is 0 Å². The number of aliphatic hydroxyl groups is 1. The molecular weight excluding hydrogens is 238 g/mol. The van der Waals surface area contributed by atoms with Crippen molar-refractivity contribution in [3.8, 4) is 0 Å². The van der Waals surface area contributed by atoms with E-state index in [0.29, 0.717) is 11.3 Å². The molecule has 5 heteroatoms. The molecule has 0 aliphatic rings. The number of benzene rings is 1. The molecule has 2 N–H and O–H groups in total. The van der Waals surface area contributed by atoms with E-state index in [0.717, 1.165) is 0 Å². The second-order valence-corrected chi connectivity index (χ2v) is 6.96. The van der Waals surface area contributed by atoms with Crippen LogP contribution in [0.15, 0.2) is 24.3 Å². The Hall–Kier alpha value is -1.07. The van der Waals surface area contributed by atoms with Crippen molar-refractivity contribution in [2.75, 3.05) is 10.5 Å². The highest BCUT2D eigenvalue weighted by atomic mass is 32.2. The Bertz CT molecular complexity index is 475. The topological polar surface area (TPSA) is 66.4 Å². The average molecular weight is 257 g/mol. The summed E-state index contributed by atoms with van der Waals surface area (Å²) in [6.45, 7) is 5.41. The summed E-state index contributed by atoms with van der Waals surface area (Å²) in [6, 6.07) is 6.82. The van der Waals surface area contributed by atoms with Gasteiger partial charge in [0.05, 0.1) is 18.0 Å². The van der Waals surface area contributed by atoms with E-state index in [1.807, 2.05) is 20.8 Å². The highest BCUT2D eigenvalue weighted by Gasteiger charge is 2.22. The van der Waals surface area contributed by atoms with E-state index < -0.39 is 10.0 Å². The van der Waals surface area contributed by atoms with Crippen LogP contribution in [-0.4, -0.2) is 19.3 Å². The molecule has 1 rings (SSSR count). The third-order valence-corrected chi connectivity index (χ3v) is 3.85. The van der Waals surface area contributed by atoms with Gasteiger partial charge in [-0.2, -0.15) is 0 Å². The van der Waals surface area contributed by atoms with Crippen LogP contribution in [0.1, 0.15) is 26.3 Å². The van der Waals surface area contributed by atoms with Gasteiger partial charge in [-0.25, -0.2) is 8.42 Å². The molecule has 1 aromatic rings. The van der Waals surface area contributed by atoms with Crippen molar-refractivity contribution in [3.63, 3.8) is 0 Å². The van der Waals surface area contributed by atoms with E-state index in [9.17, 15) is 8.42 Å². The summed E-state index contributed by atoms with van der Waals surface area (Å²) >= 11 is 0. The minimum atomic E-state index is -3.39. The van der Waals surface area contributed by atoms with Crippen LogP contribution >= 0.6 is 0 Å². The summed E-state index contributed by atoms with van der Waals surface area (Å²) < 4.78 is 26.3. The number of nitrogens with one attached hydrogen (secondary N) is 1. The Labute approximate surface area is 103 Å². The molecule has 0 saturated heterocycles. The molecule has 17 heavy (non-hydrogen) atoms. The van der Waals surface area contributed by atoms with Gasteiger partial charge >= 0.3 is 0 Å². The Morgan fingerprint density at radius 1 is 1.24 bits per heavy atom. The third kappa shape index (κ3) is 4.75. The summed E-state index contributed by atoms with van der Waals surface area (Å²) in [7, 11) is -3.39. The van der Waals surface area contributed by atoms with Gasteiger partial charge in [-0.1, -0.05) is 39.0 Å². The van der Waals surface area contributed by atoms with E-state index in [1.165, 1.54) is 0 Å². The maximum Gasteiger partial charge on any atom is 0.233 e. The molecule has 0 bridgehead atoms. The number of aliphatic hydroxyl groups excluding tert-OH is 1. The third-order valence-electron chi connectivity index (χ3n) is 2.08. The summed E-state index contributed by atoms with van der Waals surface area (Å²) in [5, 5.41) is 9.11. The molecule has 0 atom stereocenters. The number of hydrogen-bond donors (Lipinski definition) is 2. The van der Waals surface area contributed by atoms with Crippen molar-refractivity contribution in [3.05, 3.63) is 29.8 Å². The minimum absolute atomic E-state index is 0.0414. The molecule has 0 fully saturated rings. The minimum Gasteiger partial charge on any atom is -0.392 e. The second kappa shape index (κ2) is 5.06. The maximum atomic E-state index is 11.9. The molecule has 0 aromatic heterocycles. The van der Waals surface area contributed by atoms with E-state index in [2.05, 4.69) is 4.72 Å². The number of sulfonamides is 1. The van der Waals surface area contributed by atoms with Gasteiger partial charge in [0.2, 0.25) is 10.0 Å². The zero-order valence-corrected chi connectivity index (χ0v) is 11.2. The maximum absolute atomic E-state index is 11.9. The molecular formula is C12H19NO3S. The van der Waals surface area contributed by atoms with E-state index >= 15 is 0 Å². The van der Waals surface area contributed by atoms with Crippen LogP contribution in [0.5, 0.6) is 0 Å². The molecule has 0 unspecified atom stereocenters. The van der Waals surface area contributed by atoms with Gasteiger partial charge in [0, 0.05) is 5.56 Å². The van der Waals surface area contributed by atoms with Crippen molar-refractivity contribution in [2.24, 2.45) is 5.41 Å². The molecule has 4 nitrogen and oxygen atoms in total. The number of para-hydroxylation sites is 1. The van der Waals surface area contributed by atoms with E-state index in [4.69, 9.17) is 5.11 Å². The fraction of sp³-hybridized carbons (Fsp3) is 0.500. The van der Waals surface area contributed by atoms with Gasteiger partial charge in [0.1, 0.15) is 0 Å². The molecule has 0 spiro atoms. The first-order valence-corrected chi connectivity index (χ1v) is 7.08. The lowest BCUT2D eigenvalue weighted by Gasteiger charge is -2.19. The van der Waals surface area contributed by atoms with Crippen molar-refractivity contribution in [1.82, 2.24) is 0 Å². The van der Waals surface area contributed by atoms with Crippen molar-refractivity contribution < 1.29 is 13.5 Å². The van der Waals surface area contributed by atoms with Gasteiger partial charge in [-0.3, -0.25) is 4.72 Å². The Morgan fingerprint density at radius 3 is 2.35 bits per heavy atom. The Balaban J connectivity index is 2.91. The molecule has 0 aliphatic carbocycles. The lowest BCUT2D eigenvalue weighted by Crippen LogP contribution is -2.26. The van der Waals surface area contributed by atoms with Gasteiger partial charge < -0.3 is 5.11 Å². The number of rotatable bonds is 4. The quantitative estimate of drug-likeness (QED) is 0.866. The summed E-state index contributed by atoms with van der Waals surface area (Å²) in [6.07, 6.45) is 0. The summed E-state index contributed by atoms with van der Waals surface area (Å²) in [4.78, 5) is 0. The van der Waals surface area contributed by atoms with Gasteiger partial charge in [-0.05, 0) is 11.5 Å². The lowest BCUT2D eigenvalue weighted by molar-refractivity contribution is 0.282. The van der Waals surface area contributed by atoms with Crippen LogP contribution < -0.4 is 4.72 Å². The van der Waals surface area contributed by atoms with Crippen molar-refractivity contribution in [1.29, 1.82) is 0 Å².